The third-order valence-electron chi connectivity index (χ3n) is 3.05. The van der Waals surface area contributed by atoms with Crippen LogP contribution in [0.15, 0.2) is 17.3 Å². The van der Waals surface area contributed by atoms with Gasteiger partial charge in [-0.2, -0.15) is 5.10 Å². The predicted molar refractivity (Wildman–Crippen MR) is 88.5 cm³/mol. The molecule has 0 aliphatic rings. The first-order valence-corrected chi connectivity index (χ1v) is 7.62. The van der Waals surface area contributed by atoms with Crippen molar-refractivity contribution in [3.63, 3.8) is 0 Å². The van der Waals surface area contributed by atoms with E-state index in [1.807, 2.05) is 40.8 Å². The summed E-state index contributed by atoms with van der Waals surface area (Å²) in [7, 11) is 1.90. The van der Waals surface area contributed by atoms with Crippen LogP contribution in [0.4, 0.5) is 0 Å². The standard InChI is InChI=1S/C15H28N6O/c1-6-16-14(19-11-12-7-8-20-21(12)5)18-10-9-17-13(22)15(2,3)4/h7-8H,6,9-11H2,1-5H3,(H,17,22)(H2,16,18,19). The van der Waals surface area contributed by atoms with Crippen molar-refractivity contribution in [2.24, 2.45) is 17.5 Å². The van der Waals surface area contributed by atoms with E-state index in [4.69, 9.17) is 0 Å². The van der Waals surface area contributed by atoms with E-state index in [9.17, 15) is 4.79 Å². The Kier molecular flexibility index (Phi) is 6.88. The van der Waals surface area contributed by atoms with Crippen LogP contribution in [0.2, 0.25) is 0 Å². The Morgan fingerprint density at radius 3 is 2.50 bits per heavy atom. The lowest BCUT2D eigenvalue weighted by molar-refractivity contribution is -0.128. The van der Waals surface area contributed by atoms with Gasteiger partial charge in [0.1, 0.15) is 0 Å². The molecule has 0 unspecified atom stereocenters. The summed E-state index contributed by atoms with van der Waals surface area (Å²) in [4.78, 5) is 16.3. The molecule has 0 spiro atoms. The summed E-state index contributed by atoms with van der Waals surface area (Å²) in [6, 6.07) is 1.94. The summed E-state index contributed by atoms with van der Waals surface area (Å²) < 4.78 is 1.80. The molecule has 1 rings (SSSR count). The maximum absolute atomic E-state index is 11.8. The number of rotatable bonds is 6. The van der Waals surface area contributed by atoms with Gasteiger partial charge < -0.3 is 16.0 Å². The normalized spacial score (nSPS) is 12.1. The number of nitrogens with zero attached hydrogens (tertiary/aromatic N) is 3. The minimum atomic E-state index is -0.363. The number of carbonyl (C=O) groups is 1. The van der Waals surface area contributed by atoms with Gasteiger partial charge in [0.2, 0.25) is 5.91 Å². The highest BCUT2D eigenvalue weighted by Gasteiger charge is 2.20. The van der Waals surface area contributed by atoms with Crippen LogP contribution < -0.4 is 16.0 Å². The van der Waals surface area contributed by atoms with Crippen molar-refractivity contribution in [1.82, 2.24) is 25.7 Å². The molecular formula is C15H28N6O. The monoisotopic (exact) mass is 308 g/mol. The van der Waals surface area contributed by atoms with Gasteiger partial charge in [-0.15, -0.1) is 0 Å². The first kappa shape index (κ1) is 18.0. The first-order chi connectivity index (χ1) is 10.3. The lowest BCUT2D eigenvalue weighted by atomic mass is 9.96. The maximum atomic E-state index is 11.8. The van der Waals surface area contributed by atoms with E-state index < -0.39 is 0 Å². The average Bonchev–Trinajstić information content (AvgIpc) is 2.84. The van der Waals surface area contributed by atoms with Gasteiger partial charge in [-0.25, -0.2) is 4.99 Å². The number of aliphatic imine (C=N–C) groups is 1. The summed E-state index contributed by atoms with van der Waals surface area (Å²) in [6.45, 7) is 10.2. The van der Waals surface area contributed by atoms with Crippen molar-refractivity contribution in [3.8, 4) is 0 Å². The third-order valence-corrected chi connectivity index (χ3v) is 3.05. The molecule has 124 valence electrons. The van der Waals surface area contributed by atoms with Crippen molar-refractivity contribution >= 4 is 11.9 Å². The van der Waals surface area contributed by atoms with Crippen LogP contribution in [0.5, 0.6) is 0 Å². The van der Waals surface area contributed by atoms with Crippen LogP contribution >= 0.6 is 0 Å². The van der Waals surface area contributed by atoms with Gasteiger partial charge in [0.25, 0.3) is 0 Å². The molecule has 0 aliphatic carbocycles. The number of amides is 1. The van der Waals surface area contributed by atoms with E-state index in [-0.39, 0.29) is 11.3 Å². The highest BCUT2D eigenvalue weighted by atomic mass is 16.2. The zero-order valence-corrected chi connectivity index (χ0v) is 14.2. The molecule has 7 nitrogen and oxygen atoms in total. The number of carbonyl (C=O) groups excluding carboxylic acids is 1. The molecule has 1 aromatic heterocycles. The number of nitrogens with one attached hydrogen (secondary N) is 3. The van der Waals surface area contributed by atoms with Gasteiger partial charge in [-0.1, -0.05) is 20.8 Å². The first-order valence-electron chi connectivity index (χ1n) is 7.62. The minimum Gasteiger partial charge on any atom is -0.357 e. The number of guanidine groups is 1. The van der Waals surface area contributed by atoms with Gasteiger partial charge in [-0.05, 0) is 13.0 Å². The van der Waals surface area contributed by atoms with Gasteiger partial charge in [0.05, 0.1) is 12.2 Å². The maximum Gasteiger partial charge on any atom is 0.225 e. The van der Waals surface area contributed by atoms with E-state index in [1.54, 1.807) is 10.9 Å². The second kappa shape index (κ2) is 8.41. The molecule has 7 heteroatoms. The molecule has 1 amide bonds. The second-order valence-corrected chi connectivity index (χ2v) is 6.07. The molecule has 0 atom stereocenters. The largest absolute Gasteiger partial charge is 0.357 e. The fraction of sp³-hybridized carbons (Fsp3) is 0.667. The lowest BCUT2D eigenvalue weighted by Gasteiger charge is -2.18. The molecule has 0 bridgehead atoms. The number of hydrogen-bond donors (Lipinski definition) is 3. The number of aromatic nitrogens is 2. The molecule has 1 heterocycles. The van der Waals surface area contributed by atoms with E-state index in [1.165, 1.54) is 0 Å². The summed E-state index contributed by atoms with van der Waals surface area (Å²) in [5.74, 6) is 0.778. The molecule has 0 saturated heterocycles. The summed E-state index contributed by atoms with van der Waals surface area (Å²) in [5, 5.41) is 13.4. The SMILES string of the molecule is CCNC(=NCc1ccnn1C)NCCNC(=O)C(C)(C)C. The van der Waals surface area contributed by atoms with Crippen LogP contribution in [0.1, 0.15) is 33.4 Å². The highest BCUT2D eigenvalue weighted by Crippen LogP contribution is 2.11. The van der Waals surface area contributed by atoms with Crippen LogP contribution in [0.3, 0.4) is 0 Å². The van der Waals surface area contributed by atoms with Crippen LogP contribution in [-0.2, 0) is 18.4 Å². The fourth-order valence-corrected chi connectivity index (χ4v) is 1.68. The van der Waals surface area contributed by atoms with Crippen LogP contribution in [-0.4, -0.2) is 41.3 Å². The molecule has 0 fully saturated rings. The summed E-state index contributed by atoms with van der Waals surface area (Å²) in [6.07, 6.45) is 1.76. The van der Waals surface area contributed by atoms with Gasteiger partial charge in [0.15, 0.2) is 5.96 Å². The molecule has 0 radical (unpaired) electrons. The topological polar surface area (TPSA) is 83.3 Å². The van der Waals surface area contributed by atoms with E-state index in [0.717, 1.165) is 18.2 Å². The Balaban J connectivity index is 2.41. The molecule has 0 aromatic carbocycles. The van der Waals surface area contributed by atoms with E-state index in [0.29, 0.717) is 19.6 Å². The number of aryl methyl sites for hydroxylation is 1. The van der Waals surface area contributed by atoms with Crippen molar-refractivity contribution in [1.29, 1.82) is 0 Å². The van der Waals surface area contributed by atoms with Gasteiger partial charge >= 0.3 is 0 Å². The van der Waals surface area contributed by atoms with E-state index >= 15 is 0 Å². The van der Waals surface area contributed by atoms with Gasteiger partial charge in [0, 0.05) is 38.3 Å². The van der Waals surface area contributed by atoms with Gasteiger partial charge in [-0.3, -0.25) is 9.48 Å². The summed E-state index contributed by atoms with van der Waals surface area (Å²) in [5.41, 5.74) is 0.677. The zero-order chi connectivity index (χ0) is 16.6. The number of hydrogen-bond acceptors (Lipinski definition) is 3. The third kappa shape index (κ3) is 6.15. The molecule has 0 saturated carbocycles. The molecule has 3 N–H and O–H groups in total. The molecule has 1 aromatic rings. The Hall–Kier alpha value is -2.05. The Morgan fingerprint density at radius 2 is 1.95 bits per heavy atom. The van der Waals surface area contributed by atoms with Crippen molar-refractivity contribution in [2.75, 3.05) is 19.6 Å². The average molecular weight is 308 g/mol. The predicted octanol–water partition coefficient (Wildman–Crippen LogP) is 0.638. The second-order valence-electron chi connectivity index (χ2n) is 6.07. The van der Waals surface area contributed by atoms with E-state index in [2.05, 4.69) is 26.0 Å². The Morgan fingerprint density at radius 1 is 1.27 bits per heavy atom. The van der Waals surface area contributed by atoms with Crippen molar-refractivity contribution in [2.45, 2.75) is 34.2 Å². The quantitative estimate of drug-likeness (QED) is 0.409. The van der Waals surface area contributed by atoms with Crippen molar-refractivity contribution in [3.05, 3.63) is 18.0 Å². The van der Waals surface area contributed by atoms with Crippen LogP contribution in [0.25, 0.3) is 0 Å². The summed E-state index contributed by atoms with van der Waals surface area (Å²) >= 11 is 0. The zero-order valence-electron chi connectivity index (χ0n) is 14.2. The molecule has 22 heavy (non-hydrogen) atoms. The highest BCUT2D eigenvalue weighted by molar-refractivity contribution is 5.81. The Bertz CT molecular complexity index is 500. The molecular weight excluding hydrogens is 280 g/mol. The molecule has 0 aliphatic heterocycles. The van der Waals surface area contributed by atoms with Crippen molar-refractivity contribution < 1.29 is 4.79 Å². The smallest absolute Gasteiger partial charge is 0.225 e. The minimum absolute atomic E-state index is 0.0473. The lowest BCUT2D eigenvalue weighted by Crippen LogP contribution is -2.43. The fourth-order valence-electron chi connectivity index (χ4n) is 1.68. The Labute approximate surface area is 132 Å². The van der Waals surface area contributed by atoms with Crippen LogP contribution in [0, 0.1) is 5.41 Å².